The molecule has 3 aromatic rings. The van der Waals surface area contributed by atoms with Gasteiger partial charge in [0.1, 0.15) is 5.82 Å². The molecule has 0 radical (unpaired) electrons. The molecule has 0 atom stereocenters. The van der Waals surface area contributed by atoms with Crippen molar-refractivity contribution < 1.29 is 13.2 Å². The first kappa shape index (κ1) is 17.8. The predicted octanol–water partition coefficient (Wildman–Crippen LogP) is 5.05. The molecule has 2 aromatic heterocycles. The molecule has 1 saturated carbocycles. The van der Waals surface area contributed by atoms with Gasteiger partial charge in [0.05, 0.1) is 16.5 Å². The van der Waals surface area contributed by atoms with Crippen LogP contribution in [-0.4, -0.2) is 22.0 Å². The van der Waals surface area contributed by atoms with Gasteiger partial charge < -0.3 is 10.3 Å². The summed E-state index contributed by atoms with van der Waals surface area (Å²) in [7, 11) is 1.90. The average Bonchev–Trinajstić information content (AvgIpc) is 3.03. The minimum Gasteiger partial charge on any atom is -0.388 e. The van der Waals surface area contributed by atoms with E-state index in [0.29, 0.717) is 17.0 Å². The molecule has 0 amide bonds. The van der Waals surface area contributed by atoms with Gasteiger partial charge in [0.2, 0.25) is 0 Å². The van der Waals surface area contributed by atoms with Gasteiger partial charge in [0.25, 0.3) is 0 Å². The van der Waals surface area contributed by atoms with Crippen LogP contribution in [0.2, 0.25) is 0 Å². The van der Waals surface area contributed by atoms with Gasteiger partial charge in [-0.05, 0) is 42.5 Å². The summed E-state index contributed by atoms with van der Waals surface area (Å²) in [5.41, 5.74) is 3.07. The van der Waals surface area contributed by atoms with Gasteiger partial charge in [-0.3, -0.25) is 0 Å². The van der Waals surface area contributed by atoms with Crippen molar-refractivity contribution in [2.45, 2.75) is 44.2 Å². The lowest BCUT2D eigenvalue weighted by molar-refractivity contribution is -0.137. The summed E-state index contributed by atoms with van der Waals surface area (Å²) in [5.74, 6) is 0.704. The molecule has 27 heavy (non-hydrogen) atoms. The van der Waals surface area contributed by atoms with Gasteiger partial charge >= 0.3 is 6.18 Å². The summed E-state index contributed by atoms with van der Waals surface area (Å²) < 4.78 is 38.9. The number of aromatic nitrogens is 3. The molecule has 142 valence electrons. The molecule has 1 aliphatic carbocycles. The summed E-state index contributed by atoms with van der Waals surface area (Å²) in [6, 6.07) is 7.43. The zero-order valence-corrected chi connectivity index (χ0v) is 15.2. The van der Waals surface area contributed by atoms with Crippen molar-refractivity contribution in [1.82, 2.24) is 15.0 Å². The molecular weight excluding hydrogens is 353 g/mol. The monoisotopic (exact) mass is 374 g/mol. The second kappa shape index (κ2) is 6.25. The number of H-pyrrole nitrogens is 1. The third kappa shape index (κ3) is 2.85. The van der Waals surface area contributed by atoms with Gasteiger partial charge in [-0.2, -0.15) is 13.2 Å². The first-order chi connectivity index (χ1) is 12.9. The van der Waals surface area contributed by atoms with Gasteiger partial charge in [0, 0.05) is 18.9 Å². The number of nitrogens with one attached hydrogen (secondary N) is 2. The van der Waals surface area contributed by atoms with Gasteiger partial charge in [-0.1, -0.05) is 25.5 Å². The highest BCUT2D eigenvalue weighted by molar-refractivity contribution is 5.72. The molecule has 2 heterocycles. The highest BCUT2D eigenvalue weighted by Gasteiger charge is 2.43. The third-order valence-electron chi connectivity index (χ3n) is 5.63. The maximum atomic E-state index is 13.0. The number of fused-ring (bicyclic) bond motifs is 1. The minimum atomic E-state index is -4.42. The lowest BCUT2D eigenvalue weighted by Crippen LogP contribution is -2.36. The van der Waals surface area contributed by atoms with Crippen molar-refractivity contribution in [2.75, 3.05) is 12.4 Å². The molecule has 4 nitrogen and oxygen atoms in total. The largest absolute Gasteiger partial charge is 0.417 e. The number of aryl methyl sites for hydroxylation is 1. The number of benzene rings is 1. The van der Waals surface area contributed by atoms with Crippen molar-refractivity contribution in [3.63, 3.8) is 0 Å². The fourth-order valence-corrected chi connectivity index (χ4v) is 3.90. The first-order valence-electron chi connectivity index (χ1n) is 9.12. The Bertz CT molecular complexity index is 987. The Morgan fingerprint density at radius 3 is 2.59 bits per heavy atom. The third-order valence-corrected chi connectivity index (χ3v) is 5.63. The van der Waals surface area contributed by atoms with E-state index in [2.05, 4.69) is 45.4 Å². The SMILES string of the molecule is CCc1cc(C2(c3nc4ncc(C(F)(F)F)cc4[nH]3)CCC2)ccc1NC. The van der Waals surface area contributed by atoms with Crippen LogP contribution in [0.25, 0.3) is 11.2 Å². The van der Waals surface area contributed by atoms with E-state index in [1.54, 1.807) is 0 Å². The molecule has 1 aliphatic rings. The van der Waals surface area contributed by atoms with Crippen LogP contribution in [0.15, 0.2) is 30.5 Å². The average molecular weight is 374 g/mol. The van der Waals surface area contributed by atoms with Crippen LogP contribution in [-0.2, 0) is 18.0 Å². The Hall–Kier alpha value is -2.57. The second-order valence-electron chi connectivity index (χ2n) is 7.09. The van der Waals surface area contributed by atoms with Crippen LogP contribution in [0.1, 0.15) is 48.7 Å². The van der Waals surface area contributed by atoms with E-state index in [-0.39, 0.29) is 5.41 Å². The fourth-order valence-electron chi connectivity index (χ4n) is 3.90. The second-order valence-corrected chi connectivity index (χ2v) is 7.09. The molecule has 4 rings (SSSR count). The molecule has 0 saturated heterocycles. The Morgan fingerprint density at radius 1 is 1.22 bits per heavy atom. The summed E-state index contributed by atoms with van der Waals surface area (Å²) >= 11 is 0. The predicted molar refractivity (Wildman–Crippen MR) is 98.9 cm³/mol. The lowest BCUT2D eigenvalue weighted by Gasteiger charge is -2.41. The molecule has 1 fully saturated rings. The van der Waals surface area contributed by atoms with E-state index >= 15 is 0 Å². The molecule has 0 spiro atoms. The fraction of sp³-hybridized carbons (Fsp3) is 0.400. The lowest BCUT2D eigenvalue weighted by atomic mass is 9.63. The molecule has 1 aromatic carbocycles. The number of nitrogens with zero attached hydrogens (tertiary/aromatic N) is 2. The van der Waals surface area contributed by atoms with E-state index in [0.717, 1.165) is 49.2 Å². The maximum Gasteiger partial charge on any atom is 0.417 e. The Kier molecular flexibility index (Phi) is 4.13. The standard InChI is InChI=1S/C20H21F3N4/c1-3-12-9-13(5-6-15(12)24-2)19(7-4-8-19)18-26-16-10-14(20(21,22)23)11-25-17(16)27-18/h5-6,9-11,24H,3-4,7-8H2,1-2H3,(H,25,26,27). The molecule has 0 bridgehead atoms. The number of imidazole rings is 1. The first-order valence-corrected chi connectivity index (χ1v) is 9.12. The smallest absolute Gasteiger partial charge is 0.388 e. The van der Waals surface area contributed by atoms with Crippen LogP contribution >= 0.6 is 0 Å². The minimum absolute atomic E-state index is 0.282. The molecule has 0 aliphatic heterocycles. The quantitative estimate of drug-likeness (QED) is 0.672. The van der Waals surface area contributed by atoms with Crippen LogP contribution in [0, 0.1) is 0 Å². The van der Waals surface area contributed by atoms with Crippen molar-refractivity contribution in [2.24, 2.45) is 0 Å². The Labute approximate surface area is 155 Å². The molecule has 0 unspecified atom stereocenters. The van der Waals surface area contributed by atoms with E-state index < -0.39 is 11.7 Å². The highest BCUT2D eigenvalue weighted by atomic mass is 19.4. The summed E-state index contributed by atoms with van der Waals surface area (Å²) in [6.45, 7) is 2.11. The number of hydrogen-bond donors (Lipinski definition) is 2. The van der Waals surface area contributed by atoms with Gasteiger partial charge in [-0.15, -0.1) is 0 Å². The number of hydrogen-bond acceptors (Lipinski definition) is 3. The van der Waals surface area contributed by atoms with Crippen molar-refractivity contribution in [1.29, 1.82) is 0 Å². The van der Waals surface area contributed by atoms with Gasteiger partial charge in [-0.25, -0.2) is 9.97 Å². The van der Waals surface area contributed by atoms with Crippen LogP contribution in [0.4, 0.5) is 18.9 Å². The normalized spacial score (nSPS) is 16.3. The topological polar surface area (TPSA) is 53.6 Å². The van der Waals surface area contributed by atoms with Crippen molar-refractivity contribution in [3.8, 4) is 0 Å². The van der Waals surface area contributed by atoms with Crippen LogP contribution in [0.5, 0.6) is 0 Å². The van der Waals surface area contributed by atoms with Crippen molar-refractivity contribution >= 4 is 16.9 Å². The van der Waals surface area contributed by atoms with E-state index in [1.165, 1.54) is 5.56 Å². The van der Waals surface area contributed by atoms with Gasteiger partial charge in [0.15, 0.2) is 5.65 Å². The highest BCUT2D eigenvalue weighted by Crippen LogP contribution is 2.49. The zero-order valence-electron chi connectivity index (χ0n) is 15.2. The summed E-state index contributed by atoms with van der Waals surface area (Å²) in [6.07, 6.45) is 0.225. The van der Waals surface area contributed by atoms with E-state index in [9.17, 15) is 13.2 Å². The molecule has 2 N–H and O–H groups in total. The van der Waals surface area contributed by atoms with Crippen LogP contribution < -0.4 is 5.32 Å². The van der Waals surface area contributed by atoms with Crippen molar-refractivity contribution in [3.05, 3.63) is 53.0 Å². The molecular formula is C20H21F3N4. The Morgan fingerprint density at radius 2 is 2.00 bits per heavy atom. The number of anilines is 1. The number of rotatable bonds is 4. The Balaban J connectivity index is 1.80. The number of halogens is 3. The molecule has 7 heteroatoms. The van der Waals surface area contributed by atoms with E-state index in [1.807, 2.05) is 7.05 Å². The van der Waals surface area contributed by atoms with E-state index in [4.69, 9.17) is 0 Å². The summed E-state index contributed by atoms with van der Waals surface area (Å²) in [4.78, 5) is 11.6. The zero-order chi connectivity index (χ0) is 19.2. The summed E-state index contributed by atoms with van der Waals surface area (Å²) in [5, 5.41) is 3.20. The number of alkyl halides is 3. The maximum absolute atomic E-state index is 13.0. The number of aromatic amines is 1. The number of pyridine rings is 1. The van der Waals surface area contributed by atoms with Crippen LogP contribution in [0.3, 0.4) is 0 Å².